The highest BCUT2D eigenvalue weighted by Crippen LogP contribution is 2.27. The van der Waals surface area contributed by atoms with Gasteiger partial charge in [-0.1, -0.05) is 28.1 Å². The number of fused-ring (bicyclic) bond motifs is 1. The van der Waals surface area contributed by atoms with Crippen molar-refractivity contribution < 1.29 is 4.55 Å². The van der Waals surface area contributed by atoms with E-state index in [-0.39, 0.29) is 0 Å². The lowest BCUT2D eigenvalue weighted by molar-refractivity contribution is 0.562. The van der Waals surface area contributed by atoms with E-state index in [4.69, 9.17) is 11.6 Å². The van der Waals surface area contributed by atoms with E-state index in [1.54, 1.807) is 30.9 Å². The molecule has 3 aromatic rings. The number of hydrogen-bond acceptors (Lipinski definition) is 5. The van der Waals surface area contributed by atoms with E-state index in [0.29, 0.717) is 27.5 Å². The Bertz CT molecular complexity index is 926. The van der Waals surface area contributed by atoms with Crippen molar-refractivity contribution in [3.63, 3.8) is 0 Å². The van der Waals surface area contributed by atoms with Crippen molar-refractivity contribution in [3.8, 4) is 11.4 Å². The van der Waals surface area contributed by atoms with Gasteiger partial charge in [0.2, 0.25) is 0 Å². The van der Waals surface area contributed by atoms with Gasteiger partial charge in [-0.2, -0.15) is 0 Å². The smallest absolute Gasteiger partial charge is 0.144 e. The molecular weight excluding hydrogens is 356 g/mol. The zero-order valence-corrected chi connectivity index (χ0v) is 15.7. The molecule has 0 spiro atoms. The monoisotopic (exact) mass is 372 g/mol. The summed E-state index contributed by atoms with van der Waals surface area (Å²) in [6.07, 6.45) is 6.41. The average molecular weight is 373 g/mol. The fourth-order valence-corrected chi connectivity index (χ4v) is 2.92. The first kappa shape index (κ1) is 17.8. The van der Waals surface area contributed by atoms with Crippen molar-refractivity contribution in [1.29, 1.82) is 0 Å². The highest BCUT2D eigenvalue weighted by atomic mass is 35.5. The van der Waals surface area contributed by atoms with E-state index in [1.807, 2.05) is 39.0 Å². The molecule has 0 N–H and O–H groups in total. The predicted molar refractivity (Wildman–Crippen MR) is 103 cm³/mol. The van der Waals surface area contributed by atoms with Crippen molar-refractivity contribution in [3.05, 3.63) is 53.4 Å². The van der Waals surface area contributed by atoms with E-state index >= 15 is 0 Å². The van der Waals surface area contributed by atoms with E-state index < -0.39 is 16.1 Å². The van der Waals surface area contributed by atoms with Crippen molar-refractivity contribution in [2.75, 3.05) is 0 Å². The number of pyridine rings is 1. The maximum Gasteiger partial charge on any atom is 0.144 e. The Kier molecular flexibility index (Phi) is 5.03. The maximum atomic E-state index is 12.2. The second kappa shape index (κ2) is 7.07. The third-order valence-electron chi connectivity index (χ3n) is 3.44. The van der Waals surface area contributed by atoms with Crippen LogP contribution >= 0.6 is 11.6 Å². The number of halogens is 1. The van der Waals surface area contributed by atoms with Crippen LogP contribution in [0.5, 0.6) is 0 Å². The van der Waals surface area contributed by atoms with E-state index in [9.17, 15) is 4.55 Å². The molecule has 1 unspecified atom stereocenters. The lowest BCUT2D eigenvalue weighted by atomic mass is 10.1. The number of para-hydroxylation sites is 1. The molecule has 1 atom stereocenters. The van der Waals surface area contributed by atoms with E-state index in [2.05, 4.69) is 19.3 Å². The molecule has 2 aromatic heterocycles. The molecule has 3 rings (SSSR count). The maximum absolute atomic E-state index is 12.2. The Balaban J connectivity index is 2.17. The van der Waals surface area contributed by atoms with Crippen LogP contribution in [0.25, 0.3) is 22.3 Å². The van der Waals surface area contributed by atoms with Crippen molar-refractivity contribution in [2.45, 2.75) is 25.5 Å². The number of hydrogen-bond donors (Lipinski definition) is 0. The first-order chi connectivity index (χ1) is 11.9. The van der Waals surface area contributed by atoms with Gasteiger partial charge >= 0.3 is 0 Å². The summed E-state index contributed by atoms with van der Waals surface area (Å²) in [6, 6.07) is 7.50. The lowest BCUT2D eigenvalue weighted by Crippen LogP contribution is -2.25. The second-order valence-electron chi connectivity index (χ2n) is 6.42. The fourth-order valence-electron chi connectivity index (χ4n) is 2.17. The van der Waals surface area contributed by atoms with Crippen LogP contribution in [0.2, 0.25) is 5.02 Å². The molecule has 2 heterocycles. The summed E-state index contributed by atoms with van der Waals surface area (Å²) in [5.74, 6) is 0. The topological polar surface area (TPSA) is 74.1 Å². The number of benzene rings is 1. The van der Waals surface area contributed by atoms with E-state index in [0.717, 1.165) is 5.39 Å². The molecule has 0 saturated heterocycles. The molecule has 128 valence electrons. The van der Waals surface area contributed by atoms with Crippen LogP contribution < -0.4 is 0 Å². The minimum atomic E-state index is -1.36. The summed E-state index contributed by atoms with van der Waals surface area (Å²) in [7, 11) is 0. The Morgan fingerprint density at radius 2 is 2.04 bits per heavy atom. The first-order valence-corrected chi connectivity index (χ1v) is 9.16. The molecule has 0 aliphatic heterocycles. The van der Waals surface area contributed by atoms with Crippen molar-refractivity contribution >= 4 is 40.1 Å². The molecule has 0 amide bonds. The second-order valence-corrected chi connectivity index (χ2v) is 8.77. The Morgan fingerprint density at radius 3 is 2.72 bits per heavy atom. The normalized spacial score (nSPS) is 13.5. The third-order valence-corrected chi connectivity index (χ3v) is 5.09. The zero-order chi connectivity index (χ0) is 18.0. The molecule has 0 radical (unpaired) electrons. The van der Waals surface area contributed by atoms with Gasteiger partial charge in [-0.3, -0.25) is 9.97 Å². The number of nitrogens with zero attached hydrogens (tertiary/aromatic N) is 4. The number of aromatic nitrogens is 3. The SMILES string of the molecule is CC(C)(C)[S+]([O-])N=Cc1cc2cccc(Cl)c2nc1-c1cnccn1. The summed E-state index contributed by atoms with van der Waals surface area (Å²) in [6.45, 7) is 5.63. The van der Waals surface area contributed by atoms with Gasteiger partial charge in [-0.05, 0) is 32.9 Å². The Morgan fingerprint density at radius 1 is 1.24 bits per heavy atom. The van der Waals surface area contributed by atoms with Crippen LogP contribution in [0.3, 0.4) is 0 Å². The molecule has 0 saturated carbocycles. The molecule has 0 fully saturated rings. The summed E-state index contributed by atoms with van der Waals surface area (Å²) in [5, 5.41) is 1.44. The van der Waals surface area contributed by atoms with Gasteiger partial charge in [0.15, 0.2) is 0 Å². The van der Waals surface area contributed by atoms with Crippen molar-refractivity contribution in [1.82, 2.24) is 15.0 Å². The van der Waals surface area contributed by atoms with Crippen LogP contribution in [-0.4, -0.2) is 30.5 Å². The lowest BCUT2D eigenvalue weighted by Gasteiger charge is -2.17. The zero-order valence-electron chi connectivity index (χ0n) is 14.1. The molecule has 7 heteroatoms. The highest BCUT2D eigenvalue weighted by molar-refractivity contribution is 7.91. The Hall–Kier alpha value is -2.02. The summed E-state index contributed by atoms with van der Waals surface area (Å²) in [5.41, 5.74) is 2.60. The third kappa shape index (κ3) is 3.98. The van der Waals surface area contributed by atoms with Crippen LogP contribution in [0, 0.1) is 0 Å². The highest BCUT2D eigenvalue weighted by Gasteiger charge is 2.26. The van der Waals surface area contributed by atoms with Gasteiger partial charge in [-0.15, -0.1) is 0 Å². The predicted octanol–water partition coefficient (Wildman–Crippen LogP) is 4.23. The Labute approximate surface area is 154 Å². The summed E-state index contributed by atoms with van der Waals surface area (Å²) < 4.78 is 16.0. The molecule has 0 aliphatic carbocycles. The van der Waals surface area contributed by atoms with Crippen LogP contribution in [0.1, 0.15) is 26.3 Å². The molecule has 1 aromatic carbocycles. The van der Waals surface area contributed by atoms with E-state index in [1.165, 1.54) is 0 Å². The van der Waals surface area contributed by atoms with Crippen molar-refractivity contribution in [2.24, 2.45) is 4.40 Å². The molecule has 0 aliphatic rings. The molecular formula is C18H17ClN4OS. The van der Waals surface area contributed by atoms with Gasteiger partial charge in [0.05, 0.1) is 28.6 Å². The van der Waals surface area contributed by atoms with Crippen LogP contribution in [-0.2, 0) is 11.4 Å². The molecule has 25 heavy (non-hydrogen) atoms. The molecule has 0 bridgehead atoms. The van der Waals surface area contributed by atoms with Gasteiger partial charge in [-0.25, -0.2) is 4.98 Å². The minimum Gasteiger partial charge on any atom is -0.591 e. The summed E-state index contributed by atoms with van der Waals surface area (Å²) >= 11 is 4.91. The van der Waals surface area contributed by atoms with Gasteiger partial charge < -0.3 is 4.55 Å². The quantitative estimate of drug-likeness (QED) is 0.509. The average Bonchev–Trinajstić information content (AvgIpc) is 2.59. The fraction of sp³-hybridized carbons (Fsp3) is 0.222. The number of rotatable bonds is 3. The minimum absolute atomic E-state index is 0.434. The van der Waals surface area contributed by atoms with Crippen LogP contribution in [0.15, 0.2) is 47.3 Å². The van der Waals surface area contributed by atoms with Crippen LogP contribution in [0.4, 0.5) is 0 Å². The van der Waals surface area contributed by atoms with Gasteiger partial charge in [0.1, 0.15) is 21.8 Å². The van der Waals surface area contributed by atoms with Gasteiger partial charge in [0.25, 0.3) is 0 Å². The first-order valence-electron chi connectivity index (χ1n) is 7.68. The molecule has 5 nitrogen and oxygen atoms in total. The summed E-state index contributed by atoms with van der Waals surface area (Å²) in [4.78, 5) is 13.1. The largest absolute Gasteiger partial charge is 0.591 e. The van der Waals surface area contributed by atoms with Gasteiger partial charge in [0, 0.05) is 23.3 Å². The standard InChI is InChI=1S/C18H17ClN4OS/c1-18(2,3)25(24)22-10-13-9-12-5-4-6-14(19)16(12)23-17(13)15-11-20-7-8-21-15/h4-11H,1-3H3.